The van der Waals surface area contributed by atoms with E-state index in [2.05, 4.69) is 0 Å². The van der Waals surface area contributed by atoms with Crippen LogP contribution in [0.4, 0.5) is 13.2 Å². The molecule has 6 heteroatoms. The Hall–Kier alpha value is -1.82. The first-order chi connectivity index (χ1) is 9.43. The second kappa shape index (κ2) is 7.69. The Balaban J connectivity index is 2.55. The Morgan fingerprint density at radius 1 is 1.30 bits per heavy atom. The quantitative estimate of drug-likeness (QED) is 0.458. The molecule has 0 aliphatic heterocycles. The van der Waals surface area contributed by atoms with Crippen molar-refractivity contribution in [2.24, 2.45) is 0 Å². The smallest absolute Gasteiger partial charge is 0.416 e. The van der Waals surface area contributed by atoms with Gasteiger partial charge in [-0.2, -0.15) is 13.2 Å². The van der Waals surface area contributed by atoms with Crippen molar-refractivity contribution in [2.75, 3.05) is 19.8 Å². The lowest BCUT2D eigenvalue weighted by Crippen LogP contribution is -2.08. The van der Waals surface area contributed by atoms with Crippen molar-refractivity contribution in [3.05, 3.63) is 41.5 Å². The van der Waals surface area contributed by atoms with E-state index in [1.165, 1.54) is 18.2 Å². The molecule has 0 radical (unpaired) electrons. The molecule has 0 bridgehead atoms. The Kier molecular flexibility index (Phi) is 6.24. The molecular formula is C14H15F3O3. The molecule has 0 aromatic heterocycles. The van der Waals surface area contributed by atoms with E-state index < -0.39 is 17.7 Å². The molecule has 0 N–H and O–H groups in total. The fraction of sp³-hybridized carbons (Fsp3) is 0.357. The van der Waals surface area contributed by atoms with Gasteiger partial charge < -0.3 is 9.47 Å². The molecule has 0 unspecified atom stereocenters. The third-order valence-corrected chi connectivity index (χ3v) is 2.30. The van der Waals surface area contributed by atoms with Crippen LogP contribution in [0.1, 0.15) is 18.1 Å². The van der Waals surface area contributed by atoms with Gasteiger partial charge in [0.1, 0.15) is 6.61 Å². The van der Waals surface area contributed by atoms with E-state index in [0.29, 0.717) is 13.2 Å². The fourth-order valence-electron chi connectivity index (χ4n) is 1.38. The Morgan fingerprint density at radius 2 is 2.05 bits per heavy atom. The minimum absolute atomic E-state index is 0.111. The highest BCUT2D eigenvalue weighted by atomic mass is 19.4. The standard InChI is InChI=1S/C14H15F3O3/c1-2-19-8-9-20-13(18)7-6-11-4-3-5-12(10-11)14(15,16)17/h3-7,10H,2,8-9H2,1H3/b7-6+. The van der Waals surface area contributed by atoms with Crippen LogP contribution in [-0.2, 0) is 20.4 Å². The van der Waals surface area contributed by atoms with Crippen molar-refractivity contribution >= 4 is 12.0 Å². The fourth-order valence-corrected chi connectivity index (χ4v) is 1.38. The molecule has 0 aliphatic rings. The molecule has 0 amide bonds. The topological polar surface area (TPSA) is 35.5 Å². The molecule has 0 aliphatic carbocycles. The summed E-state index contributed by atoms with van der Waals surface area (Å²) in [5.41, 5.74) is -0.481. The highest BCUT2D eigenvalue weighted by Gasteiger charge is 2.30. The summed E-state index contributed by atoms with van der Waals surface area (Å²) >= 11 is 0. The van der Waals surface area contributed by atoms with Gasteiger partial charge >= 0.3 is 12.1 Å². The molecule has 0 fully saturated rings. The summed E-state index contributed by atoms with van der Waals surface area (Å²) in [6.45, 7) is 2.74. The summed E-state index contributed by atoms with van der Waals surface area (Å²) < 4.78 is 47.2. The molecule has 0 saturated carbocycles. The third kappa shape index (κ3) is 5.88. The first kappa shape index (κ1) is 16.2. The number of carbonyl (C=O) groups excluding carboxylic acids is 1. The van der Waals surface area contributed by atoms with E-state index in [-0.39, 0.29) is 12.2 Å². The van der Waals surface area contributed by atoms with E-state index in [4.69, 9.17) is 9.47 Å². The van der Waals surface area contributed by atoms with Crippen molar-refractivity contribution in [1.29, 1.82) is 0 Å². The zero-order valence-corrected chi connectivity index (χ0v) is 10.9. The van der Waals surface area contributed by atoms with Gasteiger partial charge in [0, 0.05) is 12.7 Å². The lowest BCUT2D eigenvalue weighted by atomic mass is 10.1. The van der Waals surface area contributed by atoms with Crippen molar-refractivity contribution in [1.82, 2.24) is 0 Å². The van der Waals surface area contributed by atoms with Crippen LogP contribution < -0.4 is 0 Å². The number of benzene rings is 1. The summed E-state index contributed by atoms with van der Waals surface area (Å²) in [5.74, 6) is -0.623. The number of ether oxygens (including phenoxy) is 2. The summed E-state index contributed by atoms with van der Waals surface area (Å²) in [6, 6.07) is 4.68. The van der Waals surface area contributed by atoms with Gasteiger partial charge in [0.2, 0.25) is 0 Å². The predicted molar refractivity (Wildman–Crippen MR) is 67.9 cm³/mol. The molecule has 1 rings (SSSR count). The largest absolute Gasteiger partial charge is 0.460 e. The minimum Gasteiger partial charge on any atom is -0.460 e. The predicted octanol–water partition coefficient (Wildman–Crippen LogP) is 3.30. The third-order valence-electron chi connectivity index (χ3n) is 2.30. The van der Waals surface area contributed by atoms with E-state index in [9.17, 15) is 18.0 Å². The highest BCUT2D eigenvalue weighted by Crippen LogP contribution is 2.29. The summed E-state index contributed by atoms with van der Waals surface area (Å²) in [4.78, 5) is 11.3. The molecule has 1 aromatic rings. The van der Waals surface area contributed by atoms with Crippen molar-refractivity contribution in [2.45, 2.75) is 13.1 Å². The molecular weight excluding hydrogens is 273 g/mol. The van der Waals surface area contributed by atoms with Crippen LogP contribution in [0.2, 0.25) is 0 Å². The van der Waals surface area contributed by atoms with Gasteiger partial charge in [-0.15, -0.1) is 0 Å². The first-order valence-corrected chi connectivity index (χ1v) is 6.03. The van der Waals surface area contributed by atoms with Crippen LogP contribution >= 0.6 is 0 Å². The van der Waals surface area contributed by atoms with Crippen LogP contribution in [-0.4, -0.2) is 25.8 Å². The molecule has 110 valence electrons. The molecule has 0 atom stereocenters. The highest BCUT2D eigenvalue weighted by molar-refractivity contribution is 5.87. The van der Waals surface area contributed by atoms with E-state index >= 15 is 0 Å². The number of hydrogen-bond acceptors (Lipinski definition) is 3. The van der Waals surface area contributed by atoms with Crippen molar-refractivity contribution < 1.29 is 27.4 Å². The van der Waals surface area contributed by atoms with Crippen LogP contribution in [0.5, 0.6) is 0 Å². The average molecular weight is 288 g/mol. The van der Waals surface area contributed by atoms with E-state index in [1.54, 1.807) is 0 Å². The van der Waals surface area contributed by atoms with E-state index in [0.717, 1.165) is 18.2 Å². The first-order valence-electron chi connectivity index (χ1n) is 6.03. The number of rotatable bonds is 6. The van der Waals surface area contributed by atoms with Gasteiger partial charge in [-0.1, -0.05) is 12.1 Å². The number of halogens is 3. The lowest BCUT2D eigenvalue weighted by Gasteiger charge is -2.06. The molecule has 3 nitrogen and oxygen atoms in total. The molecule has 0 saturated heterocycles. The second-order valence-corrected chi connectivity index (χ2v) is 3.82. The zero-order chi connectivity index (χ0) is 15.0. The number of hydrogen-bond donors (Lipinski definition) is 0. The summed E-state index contributed by atoms with van der Waals surface area (Å²) in [5, 5.41) is 0. The zero-order valence-electron chi connectivity index (χ0n) is 10.9. The van der Waals surface area contributed by atoms with Crippen LogP contribution in [0.3, 0.4) is 0 Å². The number of esters is 1. The molecule has 0 heterocycles. The van der Waals surface area contributed by atoms with Crippen LogP contribution in [0.15, 0.2) is 30.3 Å². The Bertz CT molecular complexity index is 467. The van der Waals surface area contributed by atoms with Crippen LogP contribution in [0.25, 0.3) is 6.08 Å². The average Bonchev–Trinajstić information content (AvgIpc) is 2.41. The lowest BCUT2D eigenvalue weighted by molar-refractivity contribution is -0.139. The normalized spacial score (nSPS) is 11.8. The van der Waals surface area contributed by atoms with Gasteiger partial charge in [0.05, 0.1) is 12.2 Å². The van der Waals surface area contributed by atoms with Gasteiger partial charge in [-0.05, 0) is 30.7 Å². The van der Waals surface area contributed by atoms with Crippen LogP contribution in [0, 0.1) is 0 Å². The van der Waals surface area contributed by atoms with Gasteiger partial charge in [-0.3, -0.25) is 0 Å². The summed E-state index contributed by atoms with van der Waals surface area (Å²) in [7, 11) is 0. The van der Waals surface area contributed by atoms with Gasteiger partial charge in [-0.25, -0.2) is 4.79 Å². The monoisotopic (exact) mass is 288 g/mol. The van der Waals surface area contributed by atoms with Crippen molar-refractivity contribution in [3.8, 4) is 0 Å². The second-order valence-electron chi connectivity index (χ2n) is 3.82. The number of alkyl halides is 3. The van der Waals surface area contributed by atoms with Crippen molar-refractivity contribution in [3.63, 3.8) is 0 Å². The molecule has 20 heavy (non-hydrogen) atoms. The Morgan fingerprint density at radius 3 is 2.70 bits per heavy atom. The van der Waals surface area contributed by atoms with Gasteiger partial charge in [0.25, 0.3) is 0 Å². The minimum atomic E-state index is -4.40. The molecule has 1 aromatic carbocycles. The Labute approximate surface area is 115 Å². The maximum Gasteiger partial charge on any atom is 0.416 e. The summed E-state index contributed by atoms with van der Waals surface area (Å²) in [6.07, 6.45) is -2.04. The van der Waals surface area contributed by atoms with Gasteiger partial charge in [0.15, 0.2) is 0 Å². The maximum absolute atomic E-state index is 12.5. The number of carbonyl (C=O) groups is 1. The SMILES string of the molecule is CCOCCOC(=O)/C=C/c1cccc(C(F)(F)F)c1. The maximum atomic E-state index is 12.5. The molecule has 0 spiro atoms. The van der Waals surface area contributed by atoms with E-state index in [1.807, 2.05) is 6.92 Å².